The minimum absolute atomic E-state index is 0.000526. The Morgan fingerprint density at radius 3 is 1.57 bits per heavy atom. The lowest BCUT2D eigenvalue weighted by Crippen LogP contribution is -2.61. The van der Waals surface area contributed by atoms with E-state index in [1.807, 2.05) is 0 Å². The van der Waals surface area contributed by atoms with Crippen LogP contribution in [-0.2, 0) is 27.1 Å². The first-order valence-corrected chi connectivity index (χ1v) is 27.3. The Bertz CT molecular complexity index is 3230. The largest absolute Gasteiger partial charge is 0.334 e. The van der Waals surface area contributed by atoms with Crippen molar-refractivity contribution in [3.05, 3.63) is 173 Å². The fourth-order valence-corrected chi connectivity index (χ4v) is 13.2. The first-order valence-electron chi connectivity index (χ1n) is 27.3. The summed E-state index contributed by atoms with van der Waals surface area (Å²) in [5.74, 6) is 0. The van der Waals surface area contributed by atoms with Gasteiger partial charge in [-0.2, -0.15) is 0 Å². The van der Waals surface area contributed by atoms with Crippen molar-refractivity contribution < 1.29 is 0 Å². The summed E-state index contributed by atoms with van der Waals surface area (Å²) >= 11 is 0. The Labute approximate surface area is 433 Å². The standard InChI is InChI=1S/C68H78BN3/c1-63(2,3)46-28-32-50(33-29-46)70-59-44-51(72-57-27-21-20-26-53(57)67(13)38-22-15-16-23-39-68(67,72)14)34-36-55(59)69-54-35-30-48(65(7,8)9)41-58(54)71(61-43-49(66(10,11)12)42-60(70)62(61)69)56-37-31-47(64(4,5)6)40-52(56)45-24-18-17-19-25-45/h17-21,24-37,40-44H,15-16,22-23,38-39H2,1-14H3. The number of anilines is 8. The predicted octanol–water partition coefficient (Wildman–Crippen LogP) is 17.1. The van der Waals surface area contributed by atoms with E-state index < -0.39 is 0 Å². The molecule has 3 nitrogen and oxygen atoms in total. The lowest BCUT2D eigenvalue weighted by Gasteiger charge is -2.49. The molecule has 0 spiro atoms. The second-order valence-electron chi connectivity index (χ2n) is 26.6. The number of benzene rings is 7. The number of para-hydroxylation sites is 1. The third-order valence-corrected chi connectivity index (χ3v) is 17.7. The minimum Gasteiger partial charge on any atom is -0.334 e. The molecular weight excluding hydrogens is 870 g/mol. The van der Waals surface area contributed by atoms with Gasteiger partial charge in [0, 0.05) is 50.8 Å². The van der Waals surface area contributed by atoms with Crippen LogP contribution in [0.2, 0.25) is 0 Å². The molecule has 0 radical (unpaired) electrons. The van der Waals surface area contributed by atoms with Crippen LogP contribution in [0.4, 0.5) is 45.5 Å². The van der Waals surface area contributed by atoms with Gasteiger partial charge in [0.05, 0.1) is 11.2 Å². The molecule has 2 unspecified atom stereocenters. The van der Waals surface area contributed by atoms with Gasteiger partial charge in [-0.25, -0.2) is 0 Å². The summed E-state index contributed by atoms with van der Waals surface area (Å²) in [6.07, 6.45) is 7.51. The Hall–Kier alpha value is -6.00. The first kappa shape index (κ1) is 48.3. The zero-order valence-electron chi connectivity index (χ0n) is 46.0. The highest BCUT2D eigenvalue weighted by Gasteiger charge is 2.56. The van der Waals surface area contributed by atoms with Crippen molar-refractivity contribution in [2.75, 3.05) is 14.7 Å². The Morgan fingerprint density at radius 1 is 0.403 bits per heavy atom. The van der Waals surface area contributed by atoms with Crippen LogP contribution < -0.4 is 31.1 Å². The van der Waals surface area contributed by atoms with Crippen LogP contribution in [-0.4, -0.2) is 12.3 Å². The van der Waals surface area contributed by atoms with Crippen molar-refractivity contribution in [2.24, 2.45) is 0 Å². The van der Waals surface area contributed by atoms with Gasteiger partial charge in [-0.3, -0.25) is 0 Å². The van der Waals surface area contributed by atoms with E-state index in [1.165, 1.54) is 133 Å². The summed E-state index contributed by atoms with van der Waals surface area (Å²) in [6.45, 7) is 33.4. The molecule has 1 fully saturated rings. The highest BCUT2D eigenvalue weighted by Crippen LogP contribution is 2.60. The number of hydrogen-bond donors (Lipinski definition) is 0. The van der Waals surface area contributed by atoms with Gasteiger partial charge in [-0.1, -0.05) is 201 Å². The van der Waals surface area contributed by atoms with Gasteiger partial charge in [-0.15, -0.1) is 0 Å². The summed E-state index contributed by atoms with van der Waals surface area (Å²) in [4.78, 5) is 8.12. The average Bonchev–Trinajstić information content (AvgIpc) is 3.51. The Kier molecular flexibility index (Phi) is 11.2. The van der Waals surface area contributed by atoms with Gasteiger partial charge in [0.2, 0.25) is 0 Å². The average molecular weight is 948 g/mol. The molecule has 3 aliphatic heterocycles. The maximum Gasteiger partial charge on any atom is 0.252 e. The maximum atomic E-state index is 2.79. The zero-order valence-corrected chi connectivity index (χ0v) is 46.0. The van der Waals surface area contributed by atoms with E-state index >= 15 is 0 Å². The molecule has 0 saturated heterocycles. The van der Waals surface area contributed by atoms with E-state index in [4.69, 9.17) is 0 Å². The van der Waals surface area contributed by atoms with Gasteiger partial charge < -0.3 is 14.7 Å². The molecule has 0 N–H and O–H groups in total. The summed E-state index contributed by atoms with van der Waals surface area (Å²) in [7, 11) is 0. The topological polar surface area (TPSA) is 9.72 Å². The van der Waals surface area contributed by atoms with E-state index in [1.54, 1.807) is 0 Å². The number of rotatable bonds is 4. The van der Waals surface area contributed by atoms with Crippen LogP contribution in [0.1, 0.15) is 163 Å². The summed E-state index contributed by atoms with van der Waals surface area (Å²) in [5, 5.41) is 0. The molecule has 1 aliphatic carbocycles. The molecule has 0 amide bonds. The van der Waals surface area contributed by atoms with Crippen LogP contribution in [0.5, 0.6) is 0 Å². The second-order valence-corrected chi connectivity index (χ2v) is 26.6. The minimum atomic E-state index is -0.140. The fourth-order valence-electron chi connectivity index (χ4n) is 13.2. The van der Waals surface area contributed by atoms with Gasteiger partial charge in [0.1, 0.15) is 0 Å². The van der Waals surface area contributed by atoms with E-state index in [0.717, 1.165) is 6.42 Å². The van der Waals surface area contributed by atoms with Gasteiger partial charge in [0.15, 0.2) is 0 Å². The molecule has 3 heterocycles. The quantitative estimate of drug-likeness (QED) is 0.163. The molecule has 368 valence electrons. The van der Waals surface area contributed by atoms with Crippen LogP contribution in [0.25, 0.3) is 11.1 Å². The van der Waals surface area contributed by atoms with Crippen molar-refractivity contribution in [3.8, 4) is 11.1 Å². The lowest BCUT2D eigenvalue weighted by molar-refractivity contribution is 0.218. The van der Waals surface area contributed by atoms with Gasteiger partial charge >= 0.3 is 0 Å². The molecule has 11 rings (SSSR count). The highest BCUT2D eigenvalue weighted by molar-refractivity contribution is 7.00. The molecule has 7 aromatic rings. The Morgan fingerprint density at radius 2 is 0.917 bits per heavy atom. The van der Waals surface area contributed by atoms with Gasteiger partial charge in [0.25, 0.3) is 6.71 Å². The highest BCUT2D eigenvalue weighted by atomic mass is 15.3. The van der Waals surface area contributed by atoms with Gasteiger partial charge in [-0.05, 0) is 152 Å². The SMILES string of the molecule is CC(C)(C)c1ccc(N2c3cc(N4c5ccccc5C5(C)CCCCCCC45C)ccc3B3c4ccc(C(C)(C)C)cc4N(c4ccc(C(C)(C)C)cc4-c4ccccc4)c4cc(C(C)(C)C)cc2c43)cc1. The zero-order chi connectivity index (χ0) is 50.9. The molecule has 0 aromatic heterocycles. The number of hydrogen-bond acceptors (Lipinski definition) is 3. The monoisotopic (exact) mass is 948 g/mol. The van der Waals surface area contributed by atoms with Crippen LogP contribution in [0.15, 0.2) is 146 Å². The third-order valence-electron chi connectivity index (χ3n) is 17.7. The molecule has 72 heavy (non-hydrogen) atoms. The third kappa shape index (κ3) is 7.67. The van der Waals surface area contributed by atoms with Crippen molar-refractivity contribution in [1.29, 1.82) is 0 Å². The van der Waals surface area contributed by atoms with Crippen molar-refractivity contribution >= 4 is 68.6 Å². The second kappa shape index (κ2) is 16.8. The molecule has 4 heteroatoms. The number of nitrogens with zero attached hydrogens (tertiary/aromatic N) is 3. The van der Waals surface area contributed by atoms with Crippen molar-refractivity contribution in [3.63, 3.8) is 0 Å². The van der Waals surface area contributed by atoms with Crippen LogP contribution in [0.3, 0.4) is 0 Å². The van der Waals surface area contributed by atoms with E-state index in [0.29, 0.717) is 0 Å². The molecule has 7 aromatic carbocycles. The van der Waals surface area contributed by atoms with E-state index in [9.17, 15) is 0 Å². The predicted molar refractivity (Wildman–Crippen MR) is 313 cm³/mol. The summed E-state index contributed by atoms with van der Waals surface area (Å²) in [6, 6.07) is 57.5. The normalized spacial score (nSPS) is 19.8. The summed E-state index contributed by atoms with van der Waals surface area (Å²) in [5.41, 5.74) is 23.3. The van der Waals surface area contributed by atoms with Crippen LogP contribution in [0, 0.1) is 0 Å². The lowest BCUT2D eigenvalue weighted by atomic mass is 9.33. The molecule has 4 aliphatic rings. The number of fused-ring (bicyclic) bond motifs is 7. The molecular formula is C68H78BN3. The van der Waals surface area contributed by atoms with E-state index in [2.05, 4.69) is 257 Å². The molecule has 1 saturated carbocycles. The van der Waals surface area contributed by atoms with Crippen molar-refractivity contribution in [2.45, 2.75) is 168 Å². The smallest absolute Gasteiger partial charge is 0.252 e. The van der Waals surface area contributed by atoms with Crippen LogP contribution >= 0.6 is 0 Å². The molecule has 2 atom stereocenters. The maximum absolute atomic E-state index is 2.79. The Balaban J connectivity index is 1.24. The fraction of sp³-hybridized carbons (Fsp3) is 0.382. The molecule has 0 bridgehead atoms. The summed E-state index contributed by atoms with van der Waals surface area (Å²) < 4.78 is 0. The first-order chi connectivity index (χ1) is 34.0. The van der Waals surface area contributed by atoms with Crippen molar-refractivity contribution in [1.82, 2.24) is 0 Å². The van der Waals surface area contributed by atoms with E-state index in [-0.39, 0.29) is 39.3 Å².